The fourth-order valence-electron chi connectivity index (χ4n) is 1.62. The predicted molar refractivity (Wildman–Crippen MR) is 70.9 cm³/mol. The molecule has 0 amide bonds. The molecule has 0 saturated heterocycles. The van der Waals surface area contributed by atoms with Crippen LogP contribution in [0.3, 0.4) is 0 Å². The fourth-order valence-corrected chi connectivity index (χ4v) is 2.64. The van der Waals surface area contributed by atoms with Crippen LogP contribution in [0.5, 0.6) is 0 Å². The van der Waals surface area contributed by atoms with Crippen molar-refractivity contribution in [3.8, 4) is 0 Å². The molecule has 0 atom stereocenters. The molecule has 3 N–H and O–H groups in total. The number of hydrogen-bond donors (Lipinski definition) is 3. The molecule has 0 aliphatic rings. The number of aromatic nitrogens is 2. The number of H-pyrrole nitrogens is 1. The molecule has 2 aromatic rings. The third-order valence-electron chi connectivity index (χ3n) is 2.65. The number of aromatic amines is 1. The number of nitrogens with one attached hydrogen (secondary N) is 2. The van der Waals surface area contributed by atoms with Crippen LogP contribution in [-0.4, -0.2) is 36.0 Å². The molecule has 0 bridgehead atoms. The van der Waals surface area contributed by atoms with Gasteiger partial charge in [0.15, 0.2) is 0 Å². The molecule has 2 rings (SSSR count). The van der Waals surface area contributed by atoms with E-state index >= 15 is 0 Å². The van der Waals surface area contributed by atoms with Gasteiger partial charge in [-0.05, 0) is 30.2 Å². The third-order valence-corrected chi connectivity index (χ3v) is 4.09. The number of hydrogen-bond acceptors (Lipinski definition) is 4. The number of sulfonamides is 1. The van der Waals surface area contributed by atoms with E-state index in [9.17, 15) is 13.2 Å². The molecular weight excluding hydrogens is 282 g/mol. The Bertz CT molecular complexity index is 695. The van der Waals surface area contributed by atoms with Crippen molar-refractivity contribution in [2.24, 2.45) is 0 Å². The fraction of sp³-hybridized carbons (Fsp3) is 0.167. The molecule has 0 aliphatic carbocycles. The number of carbonyl (C=O) groups is 1. The Morgan fingerprint density at radius 1 is 1.35 bits per heavy atom. The first-order chi connectivity index (χ1) is 9.49. The van der Waals surface area contributed by atoms with Crippen LogP contribution in [0.15, 0.2) is 41.7 Å². The second-order valence-corrected chi connectivity index (χ2v) is 5.82. The van der Waals surface area contributed by atoms with Crippen LogP contribution >= 0.6 is 0 Å². The maximum Gasteiger partial charge on any atom is 0.352 e. The minimum absolute atomic E-state index is 0.0929. The minimum Gasteiger partial charge on any atom is -0.477 e. The number of pyridine rings is 1. The topological polar surface area (TPSA) is 112 Å². The summed E-state index contributed by atoms with van der Waals surface area (Å²) < 4.78 is 26.3. The summed E-state index contributed by atoms with van der Waals surface area (Å²) >= 11 is 0. The van der Waals surface area contributed by atoms with Gasteiger partial charge in [-0.3, -0.25) is 4.98 Å². The van der Waals surface area contributed by atoms with Gasteiger partial charge in [0.05, 0.1) is 0 Å². The van der Waals surface area contributed by atoms with Crippen molar-refractivity contribution in [1.29, 1.82) is 0 Å². The Balaban J connectivity index is 1.98. The van der Waals surface area contributed by atoms with Crippen molar-refractivity contribution in [3.63, 3.8) is 0 Å². The molecule has 2 aromatic heterocycles. The number of aromatic carboxylic acids is 1. The zero-order chi connectivity index (χ0) is 14.6. The summed E-state index contributed by atoms with van der Waals surface area (Å²) in [5, 5.41) is 8.74. The van der Waals surface area contributed by atoms with Crippen LogP contribution in [0, 0.1) is 0 Å². The smallest absolute Gasteiger partial charge is 0.352 e. The first kappa shape index (κ1) is 14.2. The first-order valence-electron chi connectivity index (χ1n) is 5.79. The second-order valence-electron chi connectivity index (χ2n) is 4.06. The summed E-state index contributed by atoms with van der Waals surface area (Å²) in [5.41, 5.74) is 0.794. The van der Waals surface area contributed by atoms with Crippen LogP contribution in [0.4, 0.5) is 0 Å². The lowest BCUT2D eigenvalue weighted by Crippen LogP contribution is -2.25. The zero-order valence-corrected chi connectivity index (χ0v) is 11.2. The lowest BCUT2D eigenvalue weighted by Gasteiger charge is -2.04. The Hall–Kier alpha value is -2.19. The van der Waals surface area contributed by atoms with Gasteiger partial charge in [-0.25, -0.2) is 17.9 Å². The lowest BCUT2D eigenvalue weighted by molar-refractivity contribution is 0.0691. The van der Waals surface area contributed by atoms with Gasteiger partial charge in [0.2, 0.25) is 10.0 Å². The molecule has 0 aliphatic heterocycles. The van der Waals surface area contributed by atoms with E-state index in [4.69, 9.17) is 5.11 Å². The maximum atomic E-state index is 11.9. The van der Waals surface area contributed by atoms with Crippen LogP contribution in [0.2, 0.25) is 0 Å². The average molecular weight is 295 g/mol. The van der Waals surface area contributed by atoms with Gasteiger partial charge in [0.1, 0.15) is 10.6 Å². The Morgan fingerprint density at radius 2 is 2.05 bits per heavy atom. The zero-order valence-electron chi connectivity index (χ0n) is 10.4. The van der Waals surface area contributed by atoms with Crippen molar-refractivity contribution in [3.05, 3.63) is 48.0 Å². The van der Waals surface area contributed by atoms with Crippen LogP contribution < -0.4 is 4.72 Å². The second kappa shape index (κ2) is 5.85. The van der Waals surface area contributed by atoms with E-state index in [-0.39, 0.29) is 17.1 Å². The highest BCUT2D eigenvalue weighted by atomic mass is 32.2. The molecule has 7 nitrogen and oxygen atoms in total. The number of carboxylic acid groups (broad SMARTS) is 1. The highest BCUT2D eigenvalue weighted by Crippen LogP contribution is 2.10. The monoisotopic (exact) mass is 295 g/mol. The van der Waals surface area contributed by atoms with Crippen molar-refractivity contribution >= 4 is 16.0 Å². The highest BCUT2D eigenvalue weighted by molar-refractivity contribution is 7.89. The SMILES string of the molecule is O=C(O)c1cc(S(=O)(=O)NCCc2ccncc2)c[nH]1. The van der Waals surface area contributed by atoms with E-state index in [1.165, 1.54) is 0 Å². The van der Waals surface area contributed by atoms with E-state index in [0.717, 1.165) is 17.8 Å². The van der Waals surface area contributed by atoms with Gasteiger partial charge in [-0.2, -0.15) is 0 Å². The normalized spacial score (nSPS) is 11.4. The maximum absolute atomic E-state index is 11.9. The van der Waals surface area contributed by atoms with E-state index in [1.807, 2.05) is 0 Å². The molecule has 2 heterocycles. The lowest BCUT2D eigenvalue weighted by atomic mass is 10.2. The standard InChI is InChI=1S/C12H13N3O4S/c16-12(17)11-7-10(8-14-11)20(18,19)15-6-3-9-1-4-13-5-2-9/h1-2,4-5,7-8,14-15H,3,6H2,(H,16,17). The summed E-state index contributed by atoms with van der Waals surface area (Å²) in [5.74, 6) is -1.21. The van der Waals surface area contributed by atoms with Gasteiger partial charge in [-0.15, -0.1) is 0 Å². The summed E-state index contributed by atoms with van der Waals surface area (Å²) in [7, 11) is -3.70. The molecule has 0 spiro atoms. The van der Waals surface area contributed by atoms with Crippen molar-refractivity contribution < 1.29 is 18.3 Å². The molecule has 0 radical (unpaired) electrons. The van der Waals surface area contributed by atoms with Crippen molar-refractivity contribution in [2.75, 3.05) is 6.54 Å². The number of carboxylic acids is 1. The predicted octanol–water partition coefficient (Wildman–Crippen LogP) is 0.629. The van der Waals surface area contributed by atoms with Gasteiger partial charge >= 0.3 is 5.97 Å². The molecule has 0 unspecified atom stereocenters. The van der Waals surface area contributed by atoms with Gasteiger partial charge in [0.25, 0.3) is 0 Å². The van der Waals surface area contributed by atoms with Crippen LogP contribution in [0.1, 0.15) is 16.1 Å². The van der Waals surface area contributed by atoms with Gasteiger partial charge < -0.3 is 10.1 Å². The van der Waals surface area contributed by atoms with Crippen molar-refractivity contribution in [1.82, 2.24) is 14.7 Å². The van der Waals surface area contributed by atoms with Crippen LogP contribution in [0.25, 0.3) is 0 Å². The summed E-state index contributed by atoms with van der Waals surface area (Å²) in [4.78, 5) is 16.9. The molecule has 8 heteroatoms. The Labute approximate surface area is 115 Å². The van der Waals surface area contributed by atoms with E-state index in [2.05, 4.69) is 14.7 Å². The highest BCUT2D eigenvalue weighted by Gasteiger charge is 2.17. The van der Waals surface area contributed by atoms with E-state index < -0.39 is 16.0 Å². The molecule has 0 saturated carbocycles. The average Bonchev–Trinajstić information content (AvgIpc) is 2.90. The summed E-state index contributed by atoms with van der Waals surface area (Å²) in [6.45, 7) is 0.222. The largest absolute Gasteiger partial charge is 0.477 e. The summed E-state index contributed by atoms with van der Waals surface area (Å²) in [6.07, 6.45) is 4.94. The Kier molecular flexibility index (Phi) is 4.16. The van der Waals surface area contributed by atoms with Gasteiger partial charge in [-0.1, -0.05) is 0 Å². The quantitative estimate of drug-likeness (QED) is 0.723. The minimum atomic E-state index is -3.70. The first-order valence-corrected chi connectivity index (χ1v) is 7.27. The molecule has 20 heavy (non-hydrogen) atoms. The molecule has 0 aromatic carbocycles. The molecule has 106 valence electrons. The number of nitrogens with zero attached hydrogens (tertiary/aromatic N) is 1. The van der Waals surface area contributed by atoms with E-state index in [1.54, 1.807) is 24.5 Å². The van der Waals surface area contributed by atoms with E-state index in [0.29, 0.717) is 6.42 Å². The summed E-state index contributed by atoms with van der Waals surface area (Å²) in [6, 6.07) is 4.68. The van der Waals surface area contributed by atoms with Gasteiger partial charge in [0, 0.05) is 25.1 Å². The van der Waals surface area contributed by atoms with Crippen molar-refractivity contribution in [2.45, 2.75) is 11.3 Å². The Morgan fingerprint density at radius 3 is 2.65 bits per heavy atom. The number of rotatable bonds is 6. The third kappa shape index (κ3) is 3.43. The van der Waals surface area contributed by atoms with Crippen LogP contribution in [-0.2, 0) is 16.4 Å². The molecule has 0 fully saturated rings. The molecular formula is C12H13N3O4S.